The second-order valence-corrected chi connectivity index (χ2v) is 3.09. The Bertz CT molecular complexity index is 301. The van der Waals surface area contributed by atoms with Crippen molar-refractivity contribution >= 4 is 17.6 Å². The number of aryl methyl sites for hydroxylation is 1. The fraction of sp³-hybridized carbons (Fsp3) is 0.333. The van der Waals surface area contributed by atoms with Crippen LogP contribution in [0.5, 0.6) is 0 Å². The molecule has 1 aromatic rings. The van der Waals surface area contributed by atoms with Crippen LogP contribution in [0, 0.1) is 0 Å². The Morgan fingerprint density at radius 1 is 1.54 bits per heavy atom. The molecule has 0 fully saturated rings. The number of nitrogens with zero attached hydrogens (tertiary/aromatic N) is 1. The van der Waals surface area contributed by atoms with Crippen LogP contribution >= 0.6 is 11.6 Å². The van der Waals surface area contributed by atoms with Crippen molar-refractivity contribution < 1.29 is 9.90 Å². The van der Waals surface area contributed by atoms with Crippen LogP contribution in [-0.4, -0.2) is 16.1 Å². The Morgan fingerprint density at radius 3 is 2.92 bits per heavy atom. The first-order valence-corrected chi connectivity index (χ1v) is 4.39. The van der Waals surface area contributed by atoms with Gasteiger partial charge in [-0.3, -0.25) is 4.79 Å². The molecule has 1 aromatic heterocycles. The molecule has 3 nitrogen and oxygen atoms in total. The molecule has 1 rings (SSSR count). The molecule has 0 radical (unpaired) electrons. The van der Waals surface area contributed by atoms with Crippen LogP contribution in [0.2, 0.25) is 5.15 Å². The molecule has 0 spiro atoms. The van der Waals surface area contributed by atoms with Crippen LogP contribution in [0.4, 0.5) is 0 Å². The quantitative estimate of drug-likeness (QED) is 0.756. The smallest absolute Gasteiger partial charge is 0.303 e. The lowest BCUT2D eigenvalue weighted by Gasteiger charge is -1.98. The molecule has 0 aliphatic heterocycles. The number of hydrogen-bond donors (Lipinski definition) is 1. The average Bonchev–Trinajstić information content (AvgIpc) is 2.03. The SMILES string of the molecule is O=C(O)CCCc1cccc(Cl)n1. The zero-order valence-corrected chi connectivity index (χ0v) is 7.79. The lowest BCUT2D eigenvalue weighted by molar-refractivity contribution is -0.137. The largest absolute Gasteiger partial charge is 0.481 e. The Hall–Kier alpha value is -1.09. The molecule has 0 aliphatic rings. The molecule has 13 heavy (non-hydrogen) atoms. The number of carbonyl (C=O) groups is 1. The maximum absolute atomic E-state index is 10.2. The van der Waals surface area contributed by atoms with Crippen molar-refractivity contribution in [1.82, 2.24) is 4.98 Å². The predicted octanol–water partition coefficient (Wildman–Crippen LogP) is 2.14. The number of carboxylic acid groups (broad SMARTS) is 1. The highest BCUT2D eigenvalue weighted by molar-refractivity contribution is 6.29. The lowest BCUT2D eigenvalue weighted by atomic mass is 10.2. The molecule has 0 aliphatic carbocycles. The molecule has 4 heteroatoms. The summed E-state index contributed by atoms with van der Waals surface area (Å²) in [5, 5.41) is 8.85. The van der Waals surface area contributed by atoms with Gasteiger partial charge in [0.1, 0.15) is 5.15 Å². The first kappa shape index (κ1) is 9.99. The third-order valence-corrected chi connectivity index (χ3v) is 1.81. The summed E-state index contributed by atoms with van der Waals surface area (Å²) in [4.78, 5) is 14.3. The standard InChI is InChI=1S/C9H10ClNO2/c10-8-5-1-3-7(11-8)4-2-6-9(12)13/h1,3,5H,2,4,6H2,(H,12,13). The second kappa shape index (κ2) is 4.82. The molecule has 1 N–H and O–H groups in total. The van der Waals surface area contributed by atoms with Gasteiger partial charge >= 0.3 is 5.97 Å². The summed E-state index contributed by atoms with van der Waals surface area (Å²) < 4.78 is 0. The summed E-state index contributed by atoms with van der Waals surface area (Å²) >= 11 is 5.66. The fourth-order valence-corrected chi connectivity index (χ4v) is 1.19. The molecule has 0 saturated heterocycles. The summed E-state index contributed by atoms with van der Waals surface area (Å²) in [6, 6.07) is 5.35. The van der Waals surface area contributed by atoms with E-state index in [1.165, 1.54) is 0 Å². The normalized spacial score (nSPS) is 9.92. The summed E-state index contributed by atoms with van der Waals surface area (Å²) in [7, 11) is 0. The Kier molecular flexibility index (Phi) is 3.71. The van der Waals surface area contributed by atoms with E-state index in [0.717, 1.165) is 5.69 Å². The van der Waals surface area contributed by atoms with E-state index in [1.54, 1.807) is 6.07 Å². The van der Waals surface area contributed by atoms with Crippen LogP contribution in [0.3, 0.4) is 0 Å². The zero-order valence-electron chi connectivity index (χ0n) is 7.03. The molecular formula is C9H10ClNO2. The Labute approximate surface area is 81.4 Å². The average molecular weight is 200 g/mol. The van der Waals surface area contributed by atoms with E-state index < -0.39 is 5.97 Å². The summed E-state index contributed by atoms with van der Waals surface area (Å²) in [5.41, 5.74) is 0.841. The number of carboxylic acids is 1. The van der Waals surface area contributed by atoms with Gasteiger partial charge in [0.05, 0.1) is 0 Å². The molecule has 0 saturated carbocycles. The van der Waals surface area contributed by atoms with Gasteiger partial charge in [-0.15, -0.1) is 0 Å². The van der Waals surface area contributed by atoms with Crippen molar-refractivity contribution in [3.8, 4) is 0 Å². The van der Waals surface area contributed by atoms with Crippen molar-refractivity contribution in [1.29, 1.82) is 0 Å². The molecule has 0 amide bonds. The molecule has 70 valence electrons. The fourth-order valence-electron chi connectivity index (χ4n) is 1.01. The number of pyridine rings is 1. The van der Waals surface area contributed by atoms with E-state index in [2.05, 4.69) is 4.98 Å². The zero-order chi connectivity index (χ0) is 9.68. The Morgan fingerprint density at radius 2 is 2.31 bits per heavy atom. The van der Waals surface area contributed by atoms with Gasteiger partial charge in [0.25, 0.3) is 0 Å². The maximum Gasteiger partial charge on any atom is 0.303 e. The van der Waals surface area contributed by atoms with Crippen LogP contribution in [0.25, 0.3) is 0 Å². The van der Waals surface area contributed by atoms with Crippen molar-refractivity contribution in [3.63, 3.8) is 0 Å². The van der Waals surface area contributed by atoms with Crippen LogP contribution in [0.1, 0.15) is 18.5 Å². The van der Waals surface area contributed by atoms with Crippen LogP contribution in [-0.2, 0) is 11.2 Å². The Balaban J connectivity index is 2.41. The summed E-state index contributed by atoms with van der Waals surface area (Å²) in [6.45, 7) is 0. The van der Waals surface area contributed by atoms with Crippen LogP contribution < -0.4 is 0 Å². The van der Waals surface area contributed by atoms with Gasteiger partial charge < -0.3 is 5.11 Å². The minimum atomic E-state index is -0.776. The van der Waals surface area contributed by atoms with E-state index in [0.29, 0.717) is 18.0 Å². The van der Waals surface area contributed by atoms with Gasteiger partial charge in [0.2, 0.25) is 0 Å². The predicted molar refractivity (Wildman–Crippen MR) is 49.8 cm³/mol. The third-order valence-electron chi connectivity index (χ3n) is 1.60. The highest BCUT2D eigenvalue weighted by atomic mass is 35.5. The van der Waals surface area contributed by atoms with E-state index in [9.17, 15) is 4.79 Å². The lowest BCUT2D eigenvalue weighted by Crippen LogP contribution is -1.97. The summed E-state index contributed by atoms with van der Waals surface area (Å²) in [5.74, 6) is -0.776. The van der Waals surface area contributed by atoms with Gasteiger partial charge in [-0.2, -0.15) is 0 Å². The molecule has 1 heterocycles. The van der Waals surface area contributed by atoms with Crippen molar-refractivity contribution in [2.45, 2.75) is 19.3 Å². The van der Waals surface area contributed by atoms with Crippen molar-refractivity contribution in [2.24, 2.45) is 0 Å². The van der Waals surface area contributed by atoms with Crippen molar-refractivity contribution in [2.75, 3.05) is 0 Å². The number of aromatic nitrogens is 1. The highest BCUT2D eigenvalue weighted by Crippen LogP contribution is 2.07. The van der Waals surface area contributed by atoms with Gasteiger partial charge in [0.15, 0.2) is 0 Å². The van der Waals surface area contributed by atoms with Gasteiger partial charge in [0, 0.05) is 12.1 Å². The number of halogens is 1. The number of hydrogen-bond acceptors (Lipinski definition) is 2. The highest BCUT2D eigenvalue weighted by Gasteiger charge is 1.99. The maximum atomic E-state index is 10.2. The van der Waals surface area contributed by atoms with Gasteiger partial charge in [-0.1, -0.05) is 17.7 Å². The van der Waals surface area contributed by atoms with Crippen molar-refractivity contribution in [3.05, 3.63) is 29.0 Å². The van der Waals surface area contributed by atoms with Gasteiger partial charge in [-0.05, 0) is 25.0 Å². The molecule has 0 bridgehead atoms. The first-order chi connectivity index (χ1) is 6.18. The van der Waals surface area contributed by atoms with E-state index in [4.69, 9.17) is 16.7 Å². The molecule has 0 unspecified atom stereocenters. The first-order valence-electron chi connectivity index (χ1n) is 4.02. The van der Waals surface area contributed by atoms with E-state index in [-0.39, 0.29) is 6.42 Å². The van der Waals surface area contributed by atoms with E-state index in [1.807, 2.05) is 12.1 Å². The number of rotatable bonds is 4. The molecule has 0 aromatic carbocycles. The van der Waals surface area contributed by atoms with E-state index >= 15 is 0 Å². The minimum Gasteiger partial charge on any atom is -0.481 e. The second-order valence-electron chi connectivity index (χ2n) is 2.70. The third kappa shape index (κ3) is 3.90. The topological polar surface area (TPSA) is 50.2 Å². The summed E-state index contributed by atoms with van der Waals surface area (Å²) in [6.07, 6.45) is 1.43. The van der Waals surface area contributed by atoms with Crippen LogP contribution in [0.15, 0.2) is 18.2 Å². The van der Waals surface area contributed by atoms with Gasteiger partial charge in [-0.25, -0.2) is 4.98 Å². The minimum absolute atomic E-state index is 0.175. The molecular weight excluding hydrogens is 190 g/mol. The molecule has 0 atom stereocenters. The number of aliphatic carboxylic acids is 1. The monoisotopic (exact) mass is 199 g/mol.